The van der Waals surface area contributed by atoms with Gasteiger partial charge in [-0.1, -0.05) is 41.4 Å². The van der Waals surface area contributed by atoms with Crippen LogP contribution >= 0.6 is 23.2 Å². The van der Waals surface area contributed by atoms with E-state index in [1.165, 1.54) is 18.2 Å². The normalized spacial score (nSPS) is 11.2. The summed E-state index contributed by atoms with van der Waals surface area (Å²) >= 11 is 11.6. The van der Waals surface area contributed by atoms with E-state index < -0.39 is 22.5 Å². The molecule has 102 valence electrons. The highest BCUT2D eigenvalue weighted by Crippen LogP contribution is 2.37. The zero-order chi connectivity index (χ0) is 14.9. The zero-order valence-corrected chi connectivity index (χ0v) is 11.2. The molecule has 0 fully saturated rings. The van der Waals surface area contributed by atoms with Gasteiger partial charge in [0, 0.05) is 10.6 Å². The quantitative estimate of drug-likeness (QED) is 0.698. The van der Waals surface area contributed by atoms with Crippen molar-refractivity contribution >= 4 is 23.2 Å². The molecule has 7 heteroatoms. The molecule has 1 aromatic heterocycles. The van der Waals surface area contributed by atoms with Gasteiger partial charge in [-0.25, -0.2) is 4.98 Å². The molecule has 1 heterocycles. The van der Waals surface area contributed by atoms with Crippen LogP contribution in [0.15, 0.2) is 30.3 Å². The van der Waals surface area contributed by atoms with Gasteiger partial charge in [-0.3, -0.25) is 0 Å². The Balaban J connectivity index is 2.73. The number of halogens is 5. The maximum Gasteiger partial charge on any atom is 0.417 e. The predicted molar refractivity (Wildman–Crippen MR) is 69.4 cm³/mol. The fourth-order valence-electron chi connectivity index (χ4n) is 1.65. The summed E-state index contributed by atoms with van der Waals surface area (Å²) in [7, 11) is 0. The van der Waals surface area contributed by atoms with Gasteiger partial charge in [0.2, 0.25) is 0 Å². The van der Waals surface area contributed by atoms with Gasteiger partial charge in [-0.15, -0.1) is 0 Å². The summed E-state index contributed by atoms with van der Waals surface area (Å²) in [6.45, 7) is 0. The zero-order valence-electron chi connectivity index (χ0n) is 9.67. The maximum absolute atomic E-state index is 12.9. The first-order valence-corrected chi connectivity index (χ1v) is 6.03. The van der Waals surface area contributed by atoms with Gasteiger partial charge in [0.1, 0.15) is 16.8 Å². The van der Waals surface area contributed by atoms with Crippen molar-refractivity contribution in [3.05, 3.63) is 51.6 Å². The molecule has 0 N–H and O–H groups in total. The van der Waals surface area contributed by atoms with Gasteiger partial charge >= 0.3 is 6.18 Å². The number of alkyl halides is 3. The maximum atomic E-state index is 12.9. The number of aromatic nitrogens is 1. The number of hydrogen-bond donors (Lipinski definition) is 0. The number of benzene rings is 1. The highest BCUT2D eigenvalue weighted by Gasteiger charge is 2.35. The molecule has 2 rings (SSSR count). The lowest BCUT2D eigenvalue weighted by molar-refractivity contribution is -0.137. The van der Waals surface area contributed by atoms with Crippen molar-refractivity contribution in [3.63, 3.8) is 0 Å². The van der Waals surface area contributed by atoms with Gasteiger partial charge in [0.25, 0.3) is 0 Å². The van der Waals surface area contributed by atoms with Crippen molar-refractivity contribution in [3.8, 4) is 17.3 Å². The summed E-state index contributed by atoms with van der Waals surface area (Å²) in [6.07, 6.45) is -4.70. The Kier molecular flexibility index (Phi) is 3.89. The predicted octanol–water partition coefficient (Wildman–Crippen LogP) is 4.95. The van der Waals surface area contributed by atoms with Crippen molar-refractivity contribution in [2.45, 2.75) is 6.18 Å². The molecule has 0 atom stereocenters. The summed E-state index contributed by atoms with van der Waals surface area (Å²) in [4.78, 5) is 3.81. The minimum atomic E-state index is -4.70. The Labute approximate surface area is 122 Å². The molecule has 0 aliphatic carbocycles. The number of rotatable bonds is 1. The van der Waals surface area contributed by atoms with E-state index in [1.807, 2.05) is 0 Å². The van der Waals surface area contributed by atoms with E-state index in [2.05, 4.69) is 4.98 Å². The molecule has 0 amide bonds. The SMILES string of the molecule is N#Cc1c(C(F)(F)F)cc(-c2ccccc2Cl)nc1Cl. The van der Waals surface area contributed by atoms with Crippen LogP contribution in [0.25, 0.3) is 11.3 Å². The lowest BCUT2D eigenvalue weighted by atomic mass is 10.1. The fraction of sp³-hybridized carbons (Fsp3) is 0.0769. The Morgan fingerprint density at radius 3 is 2.35 bits per heavy atom. The topological polar surface area (TPSA) is 36.7 Å². The number of hydrogen-bond acceptors (Lipinski definition) is 2. The van der Waals surface area contributed by atoms with Crippen molar-refractivity contribution in [2.24, 2.45) is 0 Å². The first kappa shape index (κ1) is 14.6. The highest BCUT2D eigenvalue weighted by molar-refractivity contribution is 6.33. The molecule has 0 aliphatic rings. The molecule has 1 aromatic carbocycles. The Morgan fingerprint density at radius 1 is 1.15 bits per heavy atom. The second-order valence-corrected chi connectivity index (χ2v) is 4.58. The van der Waals surface area contributed by atoms with E-state index in [1.54, 1.807) is 12.1 Å². The van der Waals surface area contributed by atoms with E-state index in [0.29, 0.717) is 5.56 Å². The Bertz CT molecular complexity index is 706. The third-order valence-corrected chi connectivity index (χ3v) is 3.15. The van der Waals surface area contributed by atoms with Crippen LogP contribution < -0.4 is 0 Å². The van der Waals surface area contributed by atoms with E-state index >= 15 is 0 Å². The van der Waals surface area contributed by atoms with E-state index in [-0.39, 0.29) is 10.7 Å². The first-order chi connectivity index (χ1) is 9.34. The summed E-state index contributed by atoms with van der Waals surface area (Å²) in [5.74, 6) is 0. The van der Waals surface area contributed by atoms with Crippen molar-refractivity contribution in [2.75, 3.05) is 0 Å². The minimum Gasteiger partial charge on any atom is -0.235 e. The molecule has 0 aliphatic heterocycles. The monoisotopic (exact) mass is 316 g/mol. The molecule has 2 nitrogen and oxygen atoms in total. The molecule has 0 saturated carbocycles. The molecular formula is C13H5Cl2F3N2. The van der Waals surface area contributed by atoms with Crippen LogP contribution in [0.5, 0.6) is 0 Å². The summed E-state index contributed by atoms with van der Waals surface area (Å²) < 4.78 is 38.8. The van der Waals surface area contributed by atoms with Gasteiger partial charge in [0.15, 0.2) is 0 Å². The highest BCUT2D eigenvalue weighted by atomic mass is 35.5. The molecule has 2 aromatic rings. The molecule has 0 bridgehead atoms. The average Bonchev–Trinajstić information content (AvgIpc) is 2.37. The van der Waals surface area contributed by atoms with Gasteiger partial charge in [0.05, 0.1) is 11.3 Å². The van der Waals surface area contributed by atoms with Crippen LogP contribution in [0.4, 0.5) is 13.2 Å². The summed E-state index contributed by atoms with van der Waals surface area (Å²) in [6, 6.07) is 8.49. The van der Waals surface area contributed by atoms with Gasteiger partial charge in [-0.05, 0) is 12.1 Å². The second kappa shape index (κ2) is 5.31. The molecular weight excluding hydrogens is 312 g/mol. The van der Waals surface area contributed by atoms with Crippen molar-refractivity contribution < 1.29 is 13.2 Å². The van der Waals surface area contributed by atoms with Crippen LogP contribution in [0, 0.1) is 11.3 Å². The lowest BCUT2D eigenvalue weighted by Gasteiger charge is -2.12. The second-order valence-electron chi connectivity index (χ2n) is 3.81. The van der Waals surface area contributed by atoms with Gasteiger partial charge < -0.3 is 0 Å². The third kappa shape index (κ3) is 2.72. The van der Waals surface area contributed by atoms with Crippen molar-refractivity contribution in [1.29, 1.82) is 5.26 Å². The van der Waals surface area contributed by atoms with E-state index in [9.17, 15) is 13.2 Å². The number of nitriles is 1. The van der Waals surface area contributed by atoms with Crippen LogP contribution in [-0.4, -0.2) is 4.98 Å². The summed E-state index contributed by atoms with van der Waals surface area (Å²) in [5.41, 5.74) is -1.55. The lowest BCUT2D eigenvalue weighted by Crippen LogP contribution is -2.09. The Hall–Kier alpha value is -1.77. The average molecular weight is 317 g/mol. The van der Waals surface area contributed by atoms with Gasteiger partial charge in [-0.2, -0.15) is 18.4 Å². The summed E-state index contributed by atoms with van der Waals surface area (Å²) in [5, 5.41) is 8.52. The standard InChI is InChI=1S/C13H5Cl2F3N2/c14-10-4-2-1-3-7(10)11-5-9(13(16,17)18)8(6-19)12(15)20-11/h1-5H. The van der Waals surface area contributed by atoms with Crippen LogP contribution in [0.1, 0.15) is 11.1 Å². The third-order valence-electron chi connectivity index (χ3n) is 2.54. The molecule has 0 radical (unpaired) electrons. The molecule has 0 spiro atoms. The van der Waals surface area contributed by atoms with Crippen LogP contribution in [-0.2, 0) is 6.18 Å². The van der Waals surface area contributed by atoms with E-state index in [4.69, 9.17) is 28.5 Å². The largest absolute Gasteiger partial charge is 0.417 e. The minimum absolute atomic E-state index is 0.0353. The van der Waals surface area contributed by atoms with Crippen LogP contribution in [0.3, 0.4) is 0 Å². The molecule has 20 heavy (non-hydrogen) atoms. The first-order valence-electron chi connectivity index (χ1n) is 5.27. The van der Waals surface area contributed by atoms with Crippen molar-refractivity contribution in [1.82, 2.24) is 4.98 Å². The fourth-order valence-corrected chi connectivity index (χ4v) is 2.12. The number of nitrogens with zero attached hydrogens (tertiary/aromatic N) is 2. The molecule has 0 saturated heterocycles. The smallest absolute Gasteiger partial charge is 0.235 e. The van der Waals surface area contributed by atoms with E-state index in [0.717, 1.165) is 6.07 Å². The Morgan fingerprint density at radius 2 is 1.80 bits per heavy atom. The van der Waals surface area contributed by atoms with Crippen LogP contribution in [0.2, 0.25) is 10.2 Å². The molecule has 0 unspecified atom stereocenters. The number of pyridine rings is 1.